The van der Waals surface area contributed by atoms with E-state index in [-0.39, 0.29) is 5.91 Å². The molecule has 2 aromatic carbocycles. The molecule has 1 heterocycles. The molecule has 3 rings (SSSR count). The lowest BCUT2D eigenvalue weighted by Crippen LogP contribution is -2.48. The minimum atomic E-state index is -0.0267. The summed E-state index contributed by atoms with van der Waals surface area (Å²) in [7, 11) is 0. The number of nitrogens with one attached hydrogen (secondary N) is 1. The largest absolute Gasteiger partial charge is 0.324 e. The maximum Gasteiger partial charge on any atom is 0.238 e. The van der Waals surface area contributed by atoms with E-state index in [9.17, 15) is 4.79 Å². The molecule has 1 aliphatic rings. The van der Waals surface area contributed by atoms with Crippen LogP contribution in [0.5, 0.6) is 0 Å². The molecule has 0 bridgehead atoms. The summed E-state index contributed by atoms with van der Waals surface area (Å²) in [6.45, 7) is 7.20. The zero-order chi connectivity index (χ0) is 18.5. The molecular formula is C20H23BrClN3O. The van der Waals surface area contributed by atoms with Gasteiger partial charge in [-0.2, -0.15) is 0 Å². The molecule has 0 aromatic heterocycles. The highest BCUT2D eigenvalue weighted by Gasteiger charge is 2.19. The molecule has 0 radical (unpaired) electrons. The van der Waals surface area contributed by atoms with Crippen LogP contribution in [-0.2, 0) is 11.3 Å². The normalized spacial score (nSPS) is 15.8. The SMILES string of the molecule is Cc1ccc(CN2CCN(CC(=O)Nc3ccc(Br)cc3Cl)CC2)cc1. The van der Waals surface area contributed by atoms with Crippen LogP contribution in [0.2, 0.25) is 5.02 Å². The van der Waals surface area contributed by atoms with Gasteiger partial charge in [-0.25, -0.2) is 0 Å². The Balaban J connectivity index is 1.44. The number of carbonyl (C=O) groups excluding carboxylic acids is 1. The number of carbonyl (C=O) groups is 1. The van der Waals surface area contributed by atoms with Crippen molar-refractivity contribution in [2.45, 2.75) is 13.5 Å². The zero-order valence-electron chi connectivity index (χ0n) is 14.8. The van der Waals surface area contributed by atoms with E-state index < -0.39 is 0 Å². The van der Waals surface area contributed by atoms with Crippen molar-refractivity contribution in [1.29, 1.82) is 0 Å². The van der Waals surface area contributed by atoms with Gasteiger partial charge in [0.25, 0.3) is 0 Å². The fourth-order valence-electron chi connectivity index (χ4n) is 3.04. The summed E-state index contributed by atoms with van der Waals surface area (Å²) in [6.07, 6.45) is 0. The van der Waals surface area contributed by atoms with E-state index in [0.29, 0.717) is 17.3 Å². The van der Waals surface area contributed by atoms with Gasteiger partial charge in [0.1, 0.15) is 0 Å². The second-order valence-corrected chi connectivity index (χ2v) is 8.03. The summed E-state index contributed by atoms with van der Waals surface area (Å²) in [5, 5.41) is 3.43. The lowest BCUT2D eigenvalue weighted by Gasteiger charge is -2.34. The van der Waals surface area contributed by atoms with E-state index in [0.717, 1.165) is 37.2 Å². The van der Waals surface area contributed by atoms with Crippen LogP contribution in [0.4, 0.5) is 5.69 Å². The highest BCUT2D eigenvalue weighted by atomic mass is 79.9. The number of halogens is 2. The van der Waals surface area contributed by atoms with E-state index in [1.807, 2.05) is 12.1 Å². The number of aryl methyl sites for hydroxylation is 1. The van der Waals surface area contributed by atoms with Gasteiger partial charge < -0.3 is 5.32 Å². The number of amides is 1. The first-order valence-corrected chi connectivity index (χ1v) is 9.92. The molecule has 26 heavy (non-hydrogen) atoms. The van der Waals surface area contributed by atoms with Gasteiger partial charge in [-0.15, -0.1) is 0 Å². The topological polar surface area (TPSA) is 35.6 Å². The summed E-state index contributed by atoms with van der Waals surface area (Å²) in [5.41, 5.74) is 3.28. The van der Waals surface area contributed by atoms with Gasteiger partial charge in [0, 0.05) is 37.2 Å². The molecule has 0 spiro atoms. The minimum absolute atomic E-state index is 0.0267. The van der Waals surface area contributed by atoms with Gasteiger partial charge in [0.05, 0.1) is 17.3 Å². The summed E-state index contributed by atoms with van der Waals surface area (Å²) < 4.78 is 0.894. The minimum Gasteiger partial charge on any atom is -0.324 e. The molecule has 1 N–H and O–H groups in total. The van der Waals surface area contributed by atoms with Crippen molar-refractivity contribution >= 4 is 39.1 Å². The maximum atomic E-state index is 12.3. The second kappa shape index (κ2) is 9.00. The fourth-order valence-corrected chi connectivity index (χ4v) is 3.76. The first kappa shape index (κ1) is 19.4. The smallest absolute Gasteiger partial charge is 0.238 e. The highest BCUT2D eigenvalue weighted by molar-refractivity contribution is 9.10. The summed E-state index contributed by atoms with van der Waals surface area (Å²) in [6, 6.07) is 14.1. The summed E-state index contributed by atoms with van der Waals surface area (Å²) in [4.78, 5) is 16.9. The number of anilines is 1. The zero-order valence-corrected chi connectivity index (χ0v) is 17.2. The van der Waals surface area contributed by atoms with Gasteiger partial charge in [-0.3, -0.25) is 14.6 Å². The number of piperazine rings is 1. The molecular weight excluding hydrogens is 414 g/mol. The van der Waals surface area contributed by atoms with Crippen LogP contribution in [0.3, 0.4) is 0 Å². The number of hydrogen-bond donors (Lipinski definition) is 1. The number of nitrogens with zero attached hydrogens (tertiary/aromatic N) is 2. The Morgan fingerprint density at radius 2 is 1.73 bits per heavy atom. The first-order chi connectivity index (χ1) is 12.5. The molecule has 4 nitrogen and oxygen atoms in total. The average Bonchev–Trinajstić information content (AvgIpc) is 2.61. The van der Waals surface area contributed by atoms with Crippen LogP contribution in [0.25, 0.3) is 0 Å². The lowest BCUT2D eigenvalue weighted by atomic mass is 10.1. The maximum absolute atomic E-state index is 12.3. The monoisotopic (exact) mass is 435 g/mol. The van der Waals surface area contributed by atoms with E-state index in [1.165, 1.54) is 11.1 Å². The molecule has 2 aromatic rings. The Bertz CT molecular complexity index is 758. The van der Waals surface area contributed by atoms with Gasteiger partial charge in [-0.05, 0) is 30.7 Å². The number of rotatable bonds is 5. The number of hydrogen-bond acceptors (Lipinski definition) is 3. The van der Waals surface area contributed by atoms with Crippen LogP contribution in [0, 0.1) is 6.92 Å². The summed E-state index contributed by atoms with van der Waals surface area (Å²) >= 11 is 9.52. The van der Waals surface area contributed by atoms with Gasteiger partial charge in [0.2, 0.25) is 5.91 Å². The third-order valence-electron chi connectivity index (χ3n) is 4.56. The molecule has 0 unspecified atom stereocenters. The van der Waals surface area contributed by atoms with Crippen LogP contribution in [0.1, 0.15) is 11.1 Å². The van der Waals surface area contributed by atoms with Crippen molar-refractivity contribution in [3.05, 3.63) is 63.1 Å². The fraction of sp³-hybridized carbons (Fsp3) is 0.350. The Hall–Kier alpha value is -1.40. The summed E-state index contributed by atoms with van der Waals surface area (Å²) in [5.74, 6) is -0.0267. The molecule has 0 saturated carbocycles. The van der Waals surface area contributed by atoms with Crippen LogP contribution >= 0.6 is 27.5 Å². The number of benzene rings is 2. The first-order valence-electron chi connectivity index (χ1n) is 8.75. The Labute approximate surface area is 168 Å². The van der Waals surface area contributed by atoms with Gasteiger partial charge in [0.15, 0.2) is 0 Å². The molecule has 1 amide bonds. The molecule has 1 fully saturated rings. The predicted molar refractivity (Wildman–Crippen MR) is 111 cm³/mol. The Morgan fingerprint density at radius 3 is 2.38 bits per heavy atom. The van der Waals surface area contributed by atoms with Gasteiger partial charge >= 0.3 is 0 Å². The van der Waals surface area contributed by atoms with Crippen molar-refractivity contribution in [2.24, 2.45) is 0 Å². The van der Waals surface area contributed by atoms with Crippen molar-refractivity contribution in [1.82, 2.24) is 9.80 Å². The molecule has 0 aliphatic carbocycles. The quantitative estimate of drug-likeness (QED) is 0.764. The van der Waals surface area contributed by atoms with Crippen molar-refractivity contribution < 1.29 is 4.79 Å². The Morgan fingerprint density at radius 1 is 1.08 bits per heavy atom. The van der Waals surface area contributed by atoms with Crippen molar-refractivity contribution in [2.75, 3.05) is 38.0 Å². The second-order valence-electron chi connectivity index (χ2n) is 6.71. The highest BCUT2D eigenvalue weighted by Crippen LogP contribution is 2.25. The van der Waals surface area contributed by atoms with E-state index in [1.54, 1.807) is 6.07 Å². The molecule has 138 valence electrons. The lowest BCUT2D eigenvalue weighted by molar-refractivity contribution is -0.117. The standard InChI is InChI=1S/C20H23BrClN3O/c1-15-2-4-16(5-3-15)13-24-8-10-25(11-9-24)14-20(26)23-19-7-6-17(21)12-18(19)22/h2-7,12H,8-11,13-14H2,1H3,(H,23,26). The third kappa shape index (κ3) is 5.55. The molecule has 6 heteroatoms. The van der Waals surface area contributed by atoms with Crippen LogP contribution in [0.15, 0.2) is 46.9 Å². The molecule has 1 saturated heterocycles. The average molecular weight is 437 g/mol. The van der Waals surface area contributed by atoms with Crippen LogP contribution < -0.4 is 5.32 Å². The third-order valence-corrected chi connectivity index (χ3v) is 5.37. The predicted octanol–water partition coefficient (Wildman–Crippen LogP) is 4.17. The molecule has 0 atom stereocenters. The van der Waals surface area contributed by atoms with E-state index in [2.05, 4.69) is 62.2 Å². The van der Waals surface area contributed by atoms with E-state index >= 15 is 0 Å². The molecule has 1 aliphatic heterocycles. The van der Waals surface area contributed by atoms with Crippen LogP contribution in [-0.4, -0.2) is 48.4 Å². The van der Waals surface area contributed by atoms with E-state index in [4.69, 9.17) is 11.6 Å². The Kier molecular flexibility index (Phi) is 6.70. The van der Waals surface area contributed by atoms with Crippen molar-refractivity contribution in [3.63, 3.8) is 0 Å². The van der Waals surface area contributed by atoms with Crippen molar-refractivity contribution in [3.8, 4) is 0 Å². The van der Waals surface area contributed by atoms with Gasteiger partial charge in [-0.1, -0.05) is 57.4 Å².